The van der Waals surface area contributed by atoms with Crippen LogP contribution in [0.15, 0.2) is 5.16 Å². The van der Waals surface area contributed by atoms with Crippen molar-refractivity contribution in [1.29, 1.82) is 0 Å². The quantitative estimate of drug-likeness (QED) is 0.583. The summed E-state index contributed by atoms with van der Waals surface area (Å²) < 4.78 is 0. The van der Waals surface area contributed by atoms with Gasteiger partial charge in [0, 0.05) is 25.0 Å². The number of fused-ring (bicyclic) bond motifs is 5. The number of oxime groups is 1. The van der Waals surface area contributed by atoms with Gasteiger partial charge in [-0.2, -0.15) is 0 Å². The zero-order valence-corrected chi connectivity index (χ0v) is 17.0. The molecular formula is C22H36N2O3. The molecule has 5 heteroatoms. The van der Waals surface area contributed by atoms with Crippen molar-refractivity contribution in [3.05, 3.63) is 0 Å². The highest BCUT2D eigenvalue weighted by Crippen LogP contribution is 2.66. The highest BCUT2D eigenvalue weighted by molar-refractivity contribution is 5.87. The lowest BCUT2D eigenvalue weighted by molar-refractivity contribution is -0.148. The van der Waals surface area contributed by atoms with Crippen LogP contribution in [-0.4, -0.2) is 36.4 Å². The van der Waals surface area contributed by atoms with Crippen molar-refractivity contribution >= 4 is 11.5 Å². The molecule has 152 valence electrons. The number of aliphatic hydroxyl groups is 1. The Labute approximate surface area is 163 Å². The summed E-state index contributed by atoms with van der Waals surface area (Å²) in [5.74, 6) is 2.98. The third-order valence-electron chi connectivity index (χ3n) is 9.02. The Hall–Kier alpha value is -0.940. The van der Waals surface area contributed by atoms with E-state index in [9.17, 15) is 9.90 Å². The van der Waals surface area contributed by atoms with Crippen LogP contribution in [0.1, 0.15) is 65.2 Å². The van der Waals surface area contributed by atoms with E-state index in [2.05, 4.69) is 19.0 Å². The molecule has 4 aliphatic carbocycles. The summed E-state index contributed by atoms with van der Waals surface area (Å²) in [6.45, 7) is 5.92. The van der Waals surface area contributed by atoms with Gasteiger partial charge in [0.15, 0.2) is 0 Å². The van der Waals surface area contributed by atoms with Gasteiger partial charge in [-0.1, -0.05) is 19.0 Å². The van der Waals surface area contributed by atoms with Gasteiger partial charge in [0.25, 0.3) is 0 Å². The van der Waals surface area contributed by atoms with Gasteiger partial charge < -0.3 is 15.7 Å². The molecule has 0 bridgehead atoms. The average Bonchev–Trinajstić information content (AvgIpc) is 2.96. The zero-order valence-electron chi connectivity index (χ0n) is 17.0. The third-order valence-corrected chi connectivity index (χ3v) is 9.02. The number of hydrogen-bond donors (Lipinski definition) is 2. The Morgan fingerprint density at radius 2 is 2.04 bits per heavy atom. The predicted octanol–water partition coefficient (Wildman–Crippen LogP) is 3.15. The average molecular weight is 377 g/mol. The van der Waals surface area contributed by atoms with Crippen LogP contribution in [0.5, 0.6) is 0 Å². The minimum atomic E-state index is -0.130. The van der Waals surface area contributed by atoms with Gasteiger partial charge >= 0.3 is 0 Å². The minimum Gasteiger partial charge on any atom is -0.396 e. The van der Waals surface area contributed by atoms with Crippen molar-refractivity contribution in [3.63, 3.8) is 0 Å². The first-order valence-corrected chi connectivity index (χ1v) is 11.0. The highest BCUT2D eigenvalue weighted by Gasteiger charge is 2.62. The van der Waals surface area contributed by atoms with Crippen LogP contribution < -0.4 is 5.73 Å². The first-order chi connectivity index (χ1) is 12.9. The van der Waals surface area contributed by atoms with Gasteiger partial charge in [-0.05, 0) is 80.0 Å². The topological polar surface area (TPSA) is 84.9 Å². The van der Waals surface area contributed by atoms with Gasteiger partial charge in [0.2, 0.25) is 0 Å². The molecule has 4 rings (SSSR count). The molecule has 4 saturated carbocycles. The second kappa shape index (κ2) is 7.14. The molecular weight excluding hydrogens is 340 g/mol. The second-order valence-electron chi connectivity index (χ2n) is 10.1. The fourth-order valence-corrected chi connectivity index (χ4v) is 7.46. The van der Waals surface area contributed by atoms with Crippen molar-refractivity contribution in [1.82, 2.24) is 0 Å². The van der Waals surface area contributed by atoms with Gasteiger partial charge in [-0.15, -0.1) is 0 Å². The maximum absolute atomic E-state index is 12.6. The molecule has 0 amide bonds. The monoisotopic (exact) mass is 376 g/mol. The van der Waals surface area contributed by atoms with Gasteiger partial charge in [0.1, 0.15) is 12.4 Å². The van der Waals surface area contributed by atoms with E-state index in [1.54, 1.807) is 0 Å². The normalized spacial score (nSPS) is 48.1. The van der Waals surface area contributed by atoms with E-state index in [1.165, 1.54) is 0 Å². The Morgan fingerprint density at radius 1 is 1.22 bits per heavy atom. The molecule has 0 saturated heterocycles. The molecule has 4 aliphatic rings. The van der Waals surface area contributed by atoms with Crippen molar-refractivity contribution < 1.29 is 14.7 Å². The molecule has 4 fully saturated rings. The molecule has 0 aromatic heterocycles. The number of hydrogen-bond acceptors (Lipinski definition) is 5. The van der Waals surface area contributed by atoms with Crippen molar-refractivity contribution in [2.75, 3.05) is 19.8 Å². The van der Waals surface area contributed by atoms with E-state index in [0.717, 1.165) is 57.1 Å². The molecule has 27 heavy (non-hydrogen) atoms. The van der Waals surface area contributed by atoms with Crippen molar-refractivity contribution in [2.24, 2.45) is 51.3 Å². The van der Waals surface area contributed by atoms with E-state index in [-0.39, 0.29) is 12.0 Å². The number of ketones is 1. The minimum absolute atomic E-state index is 0.130. The van der Waals surface area contributed by atoms with Crippen LogP contribution in [0.3, 0.4) is 0 Å². The number of carbonyl (C=O) groups is 1. The molecule has 0 aliphatic heterocycles. The molecule has 0 aromatic rings. The van der Waals surface area contributed by atoms with E-state index in [0.29, 0.717) is 53.9 Å². The highest BCUT2D eigenvalue weighted by atomic mass is 16.6. The number of rotatable bonds is 4. The maximum atomic E-state index is 12.6. The van der Waals surface area contributed by atoms with Crippen LogP contribution >= 0.6 is 0 Å². The molecule has 2 unspecified atom stereocenters. The summed E-state index contributed by atoms with van der Waals surface area (Å²) in [5, 5.41) is 14.6. The number of nitrogens with zero attached hydrogens (tertiary/aromatic N) is 1. The van der Waals surface area contributed by atoms with Gasteiger partial charge in [0.05, 0.1) is 5.71 Å². The SMILES string of the molecule is C[C@]12CCC(=NOCCN)CC1CC(CO)[C@@H]1[C@H]2CC[C@]2(C)C(=O)CC[C@@H]12. The van der Waals surface area contributed by atoms with Gasteiger partial charge in [-0.25, -0.2) is 0 Å². The predicted molar refractivity (Wildman–Crippen MR) is 105 cm³/mol. The van der Waals surface area contributed by atoms with E-state index >= 15 is 0 Å². The molecule has 5 nitrogen and oxygen atoms in total. The second-order valence-corrected chi connectivity index (χ2v) is 10.1. The number of nitrogens with two attached hydrogens (primary N) is 1. The molecule has 0 radical (unpaired) electrons. The summed E-state index contributed by atoms with van der Waals surface area (Å²) >= 11 is 0. The smallest absolute Gasteiger partial charge is 0.139 e. The molecule has 3 N–H and O–H groups in total. The number of carbonyl (C=O) groups excluding carboxylic acids is 1. The molecule has 0 heterocycles. The fraction of sp³-hybridized carbons (Fsp3) is 0.909. The Kier molecular flexibility index (Phi) is 5.13. The van der Waals surface area contributed by atoms with Gasteiger partial charge in [-0.3, -0.25) is 4.79 Å². The van der Waals surface area contributed by atoms with E-state index in [1.807, 2.05) is 0 Å². The Bertz CT molecular complexity index is 621. The lowest BCUT2D eigenvalue weighted by atomic mass is 9.43. The molecule has 0 spiro atoms. The first-order valence-electron chi connectivity index (χ1n) is 11.0. The van der Waals surface area contributed by atoms with Crippen LogP contribution in [0.4, 0.5) is 0 Å². The van der Waals surface area contributed by atoms with Crippen molar-refractivity contribution in [3.8, 4) is 0 Å². The van der Waals surface area contributed by atoms with Crippen LogP contribution in [0.25, 0.3) is 0 Å². The van der Waals surface area contributed by atoms with Crippen LogP contribution in [0.2, 0.25) is 0 Å². The number of aliphatic hydroxyl groups excluding tert-OH is 1. The lowest BCUT2D eigenvalue weighted by Crippen LogP contribution is -2.57. The van der Waals surface area contributed by atoms with Crippen LogP contribution in [0, 0.1) is 40.4 Å². The summed E-state index contributed by atoms with van der Waals surface area (Å²) in [5.41, 5.74) is 6.83. The van der Waals surface area contributed by atoms with E-state index in [4.69, 9.17) is 10.6 Å². The summed E-state index contributed by atoms with van der Waals surface area (Å²) in [6.07, 6.45) is 8.17. The summed E-state index contributed by atoms with van der Waals surface area (Å²) in [4.78, 5) is 18.0. The fourth-order valence-electron chi connectivity index (χ4n) is 7.46. The molecule has 0 aromatic carbocycles. The lowest BCUT2D eigenvalue weighted by Gasteiger charge is -2.61. The van der Waals surface area contributed by atoms with Crippen molar-refractivity contribution in [2.45, 2.75) is 65.2 Å². The third kappa shape index (κ3) is 2.96. The summed E-state index contributed by atoms with van der Waals surface area (Å²) in [7, 11) is 0. The number of Topliss-reactive ketones (excluding diaryl/α,β-unsaturated/α-hetero) is 1. The van der Waals surface area contributed by atoms with Crippen LogP contribution in [-0.2, 0) is 9.63 Å². The Balaban J connectivity index is 1.59. The standard InChI is InChI=1S/C22H36N2O3/c1-21-7-5-16(24-27-10-9-23)12-15(21)11-14(13-25)20-17-3-4-19(26)22(17,2)8-6-18(20)21/h14-15,17-18,20,25H,3-13,23H2,1-2H3/t14?,15?,17-,18+,20-,21-,22-/m0/s1. The zero-order chi connectivity index (χ0) is 19.2. The maximum Gasteiger partial charge on any atom is 0.139 e. The summed E-state index contributed by atoms with van der Waals surface area (Å²) in [6, 6.07) is 0. The Morgan fingerprint density at radius 3 is 2.78 bits per heavy atom. The first kappa shape index (κ1) is 19.4. The largest absolute Gasteiger partial charge is 0.396 e. The van der Waals surface area contributed by atoms with E-state index < -0.39 is 0 Å². The molecule has 7 atom stereocenters.